The van der Waals surface area contributed by atoms with Gasteiger partial charge in [-0.15, -0.1) is 0 Å². The zero-order valence-corrected chi connectivity index (χ0v) is 25.5. The maximum Gasteiger partial charge on any atom is 0.260 e. The fourth-order valence-electron chi connectivity index (χ4n) is 7.84. The van der Waals surface area contributed by atoms with Crippen molar-refractivity contribution in [3.8, 4) is 56.4 Å². The fourth-order valence-corrected chi connectivity index (χ4v) is 7.84. The largest absolute Gasteiger partial charge is 0.458 e. The molecule has 2 aliphatic heterocycles. The van der Waals surface area contributed by atoms with Gasteiger partial charge in [0.1, 0.15) is 23.0 Å². The van der Waals surface area contributed by atoms with Crippen molar-refractivity contribution in [2.24, 2.45) is 0 Å². The van der Waals surface area contributed by atoms with Crippen molar-refractivity contribution in [3.05, 3.63) is 164 Å². The Morgan fingerprint density at radius 2 is 0.872 bits per heavy atom. The topological polar surface area (TPSA) is 18.5 Å². The summed E-state index contributed by atoms with van der Waals surface area (Å²) in [5, 5.41) is 5.00. The number of hydrogen-bond donors (Lipinski definition) is 0. The molecule has 0 aromatic heterocycles. The Bertz CT molecular complexity index is 2460. The summed E-state index contributed by atoms with van der Waals surface area (Å²) in [6, 6.07) is 58.5. The summed E-state index contributed by atoms with van der Waals surface area (Å²) in [6.07, 6.45) is 0. The molecule has 2 nitrogen and oxygen atoms in total. The van der Waals surface area contributed by atoms with E-state index in [0.717, 1.165) is 44.9 Å². The molecule has 10 rings (SSSR count). The molecular weight excluding hydrogens is 571 g/mol. The predicted octanol–water partition coefficient (Wildman–Crippen LogP) is 9.72. The lowest BCUT2D eigenvalue weighted by atomic mass is 9.35. The molecule has 0 aliphatic carbocycles. The second-order valence-corrected chi connectivity index (χ2v) is 12.3. The van der Waals surface area contributed by atoms with Crippen LogP contribution in [-0.4, -0.2) is 6.71 Å². The smallest absolute Gasteiger partial charge is 0.260 e. The third-order valence-corrected chi connectivity index (χ3v) is 9.81. The van der Waals surface area contributed by atoms with E-state index in [1.54, 1.807) is 0 Å². The molecule has 0 saturated carbocycles. The number of hydrogen-bond acceptors (Lipinski definition) is 2. The van der Waals surface area contributed by atoms with Gasteiger partial charge >= 0.3 is 0 Å². The van der Waals surface area contributed by atoms with E-state index >= 15 is 0 Å². The van der Waals surface area contributed by atoms with Crippen LogP contribution in [0.3, 0.4) is 0 Å². The van der Waals surface area contributed by atoms with Gasteiger partial charge in [0, 0.05) is 5.46 Å². The minimum absolute atomic E-state index is 0.0221. The summed E-state index contributed by atoms with van der Waals surface area (Å²) >= 11 is 0. The van der Waals surface area contributed by atoms with Gasteiger partial charge in [0.25, 0.3) is 6.71 Å². The van der Waals surface area contributed by atoms with E-state index in [-0.39, 0.29) is 6.71 Å². The lowest BCUT2D eigenvalue weighted by Gasteiger charge is -2.33. The summed E-state index contributed by atoms with van der Waals surface area (Å²) < 4.78 is 12.9. The number of ether oxygens (including phenoxy) is 2. The summed E-state index contributed by atoms with van der Waals surface area (Å²) in [4.78, 5) is 0. The lowest BCUT2D eigenvalue weighted by molar-refractivity contribution is 0.464. The third kappa shape index (κ3) is 3.93. The molecule has 0 fully saturated rings. The summed E-state index contributed by atoms with van der Waals surface area (Å²) in [5.74, 6) is 3.51. The van der Waals surface area contributed by atoms with Gasteiger partial charge in [-0.2, -0.15) is 0 Å². The van der Waals surface area contributed by atoms with Crippen LogP contribution >= 0.6 is 0 Å². The van der Waals surface area contributed by atoms with Crippen molar-refractivity contribution in [2.45, 2.75) is 0 Å². The minimum atomic E-state index is 0.0221. The van der Waals surface area contributed by atoms with Crippen LogP contribution in [0.15, 0.2) is 164 Å². The third-order valence-electron chi connectivity index (χ3n) is 9.81. The van der Waals surface area contributed by atoms with Crippen LogP contribution in [-0.2, 0) is 0 Å². The molecule has 0 N–H and O–H groups in total. The molecule has 8 aromatic rings. The highest BCUT2D eigenvalue weighted by molar-refractivity contribution is 6.98. The molecule has 0 atom stereocenters. The van der Waals surface area contributed by atoms with Gasteiger partial charge < -0.3 is 9.47 Å². The van der Waals surface area contributed by atoms with Gasteiger partial charge in [-0.05, 0) is 90.1 Å². The highest BCUT2D eigenvalue weighted by atomic mass is 16.5. The maximum absolute atomic E-state index is 6.54. The maximum atomic E-state index is 6.54. The van der Waals surface area contributed by atoms with Crippen LogP contribution in [0.25, 0.3) is 54.9 Å². The van der Waals surface area contributed by atoms with Crippen molar-refractivity contribution in [1.82, 2.24) is 0 Å². The first-order valence-corrected chi connectivity index (χ1v) is 16.1. The van der Waals surface area contributed by atoms with Crippen molar-refractivity contribution in [1.29, 1.82) is 0 Å². The number of para-hydroxylation sites is 1. The molecule has 0 spiro atoms. The highest BCUT2D eigenvalue weighted by Gasteiger charge is 2.40. The van der Waals surface area contributed by atoms with Gasteiger partial charge in [0.05, 0.1) is 0 Å². The molecule has 8 aromatic carbocycles. The van der Waals surface area contributed by atoms with Crippen molar-refractivity contribution >= 4 is 44.6 Å². The molecule has 218 valence electrons. The zero-order chi connectivity index (χ0) is 30.9. The molecule has 47 heavy (non-hydrogen) atoms. The Kier molecular flexibility index (Phi) is 5.70. The van der Waals surface area contributed by atoms with Gasteiger partial charge in [0.15, 0.2) is 0 Å². The van der Waals surface area contributed by atoms with Crippen LogP contribution in [0.4, 0.5) is 0 Å². The first-order chi connectivity index (χ1) is 23.3. The quantitative estimate of drug-likeness (QED) is 0.149. The van der Waals surface area contributed by atoms with E-state index in [9.17, 15) is 0 Å². The molecule has 0 bridgehead atoms. The molecule has 0 unspecified atom stereocenters. The molecule has 0 radical (unpaired) electrons. The van der Waals surface area contributed by atoms with Gasteiger partial charge in [-0.25, -0.2) is 0 Å². The van der Waals surface area contributed by atoms with E-state index in [4.69, 9.17) is 9.47 Å². The molecular formula is C44H27BO2. The number of rotatable bonds is 3. The standard InChI is InChI=1S/C44H27BO2/c1-2-13-28(14-3-1)42-32-17-6-8-19-34(32)43(35-20-9-7-18-33(35)42)31-16-5-4-15-30(31)29-25-26-39-37(27-29)45-36-21-10-11-22-38(36)46-40-23-12-24-41(47-39)44(40)45/h1-27H. The SMILES string of the molecule is c1ccc(-c2c3ccccc3c(-c3ccccc3-c3ccc4c(c3)B3c5ccccc5Oc5cccc(c53)O4)c3ccccc23)cc1. The van der Waals surface area contributed by atoms with E-state index in [1.165, 1.54) is 49.4 Å². The molecule has 0 saturated heterocycles. The van der Waals surface area contributed by atoms with E-state index in [1.807, 2.05) is 24.3 Å². The molecule has 3 heteroatoms. The normalized spacial score (nSPS) is 12.6. The highest BCUT2D eigenvalue weighted by Crippen LogP contribution is 2.46. The van der Waals surface area contributed by atoms with Crippen molar-refractivity contribution in [3.63, 3.8) is 0 Å². The monoisotopic (exact) mass is 598 g/mol. The molecule has 0 amide bonds. The van der Waals surface area contributed by atoms with Gasteiger partial charge in [-0.3, -0.25) is 0 Å². The van der Waals surface area contributed by atoms with Crippen LogP contribution in [0.1, 0.15) is 0 Å². The first kappa shape index (κ1) is 26.2. The van der Waals surface area contributed by atoms with Gasteiger partial charge in [-0.1, -0.05) is 140 Å². The van der Waals surface area contributed by atoms with E-state index < -0.39 is 0 Å². The molecule has 2 heterocycles. The number of benzene rings is 8. The van der Waals surface area contributed by atoms with Crippen LogP contribution in [0.5, 0.6) is 23.0 Å². The second-order valence-electron chi connectivity index (χ2n) is 12.3. The zero-order valence-electron chi connectivity index (χ0n) is 25.5. The Morgan fingerprint density at radius 3 is 1.57 bits per heavy atom. The summed E-state index contributed by atoms with van der Waals surface area (Å²) in [5.41, 5.74) is 10.7. The van der Waals surface area contributed by atoms with Crippen LogP contribution in [0.2, 0.25) is 0 Å². The average Bonchev–Trinajstić information content (AvgIpc) is 3.14. The van der Waals surface area contributed by atoms with Gasteiger partial charge in [0.2, 0.25) is 0 Å². The van der Waals surface area contributed by atoms with E-state index in [2.05, 4.69) is 140 Å². The lowest BCUT2D eigenvalue weighted by Crippen LogP contribution is -2.57. The summed E-state index contributed by atoms with van der Waals surface area (Å²) in [7, 11) is 0. The minimum Gasteiger partial charge on any atom is -0.458 e. The second kappa shape index (κ2) is 10.2. The molecule has 2 aliphatic rings. The van der Waals surface area contributed by atoms with E-state index in [0.29, 0.717) is 0 Å². The number of fused-ring (bicyclic) bond motifs is 6. The van der Waals surface area contributed by atoms with Crippen LogP contribution < -0.4 is 25.9 Å². The van der Waals surface area contributed by atoms with Crippen molar-refractivity contribution in [2.75, 3.05) is 0 Å². The van der Waals surface area contributed by atoms with Crippen molar-refractivity contribution < 1.29 is 9.47 Å². The Balaban J connectivity index is 1.22. The van der Waals surface area contributed by atoms with Crippen LogP contribution in [0, 0.1) is 0 Å². The summed E-state index contributed by atoms with van der Waals surface area (Å²) in [6.45, 7) is 0.0221. The fraction of sp³-hybridized carbons (Fsp3) is 0. The Labute approximate surface area is 273 Å². The Morgan fingerprint density at radius 1 is 0.340 bits per heavy atom. The average molecular weight is 599 g/mol. The Hall–Kier alpha value is -6.06. The predicted molar refractivity (Wildman–Crippen MR) is 195 cm³/mol. The first-order valence-electron chi connectivity index (χ1n) is 16.1.